The van der Waals surface area contributed by atoms with Gasteiger partial charge in [0.15, 0.2) is 12.4 Å². The van der Waals surface area contributed by atoms with Crippen molar-refractivity contribution in [3.05, 3.63) is 77.6 Å². The van der Waals surface area contributed by atoms with Crippen LogP contribution in [0.3, 0.4) is 0 Å². The molecule has 25 heavy (non-hydrogen) atoms. The van der Waals surface area contributed by atoms with E-state index in [1.165, 1.54) is 6.08 Å². The van der Waals surface area contributed by atoms with Crippen LogP contribution in [0.25, 0.3) is 0 Å². The Hall–Kier alpha value is -3.26. The number of ketones is 1. The molecule has 0 spiro atoms. The van der Waals surface area contributed by atoms with Crippen LogP contribution >= 0.6 is 0 Å². The van der Waals surface area contributed by atoms with Gasteiger partial charge in [0.05, 0.1) is 6.61 Å². The number of esters is 1. The van der Waals surface area contributed by atoms with Crippen LogP contribution in [-0.2, 0) is 9.53 Å². The normalized spacial score (nSPS) is 12.1. The number of aromatic nitrogens is 1. The summed E-state index contributed by atoms with van der Waals surface area (Å²) >= 11 is 0. The van der Waals surface area contributed by atoms with Crippen molar-refractivity contribution in [2.75, 3.05) is 6.61 Å². The van der Waals surface area contributed by atoms with Crippen LogP contribution in [0.5, 0.6) is 0 Å². The lowest BCUT2D eigenvalue weighted by Crippen LogP contribution is -2.42. The predicted octanol–water partition coefficient (Wildman–Crippen LogP) is 2.72. The fourth-order valence-electron chi connectivity index (χ4n) is 2.29. The molecule has 0 saturated heterocycles. The maximum atomic E-state index is 12.9. The molecule has 1 unspecified atom stereocenters. The Kier molecular flexibility index (Phi) is 6.19. The maximum Gasteiger partial charge on any atom is 0.348 e. The molecule has 2 rings (SSSR count). The Morgan fingerprint density at radius 1 is 1.20 bits per heavy atom. The third kappa shape index (κ3) is 4.61. The summed E-state index contributed by atoms with van der Waals surface area (Å²) in [7, 11) is 0. The molecule has 5 heteroatoms. The van der Waals surface area contributed by atoms with Crippen LogP contribution in [0.2, 0.25) is 0 Å². The molecule has 2 aromatic rings. The second kappa shape index (κ2) is 8.55. The zero-order chi connectivity index (χ0) is 18.2. The van der Waals surface area contributed by atoms with Gasteiger partial charge in [0.1, 0.15) is 11.6 Å². The molecule has 0 fully saturated rings. The van der Waals surface area contributed by atoms with Crippen molar-refractivity contribution in [2.45, 2.75) is 19.9 Å². The first-order valence-corrected chi connectivity index (χ1v) is 7.92. The Balaban J connectivity index is 2.49. The second-order valence-corrected chi connectivity index (χ2v) is 5.41. The number of ether oxygens (including phenoxy) is 1. The summed E-state index contributed by atoms with van der Waals surface area (Å²) in [6.07, 6.45) is 4.84. The fourth-order valence-corrected chi connectivity index (χ4v) is 2.29. The van der Waals surface area contributed by atoms with Gasteiger partial charge in [-0.1, -0.05) is 30.3 Å². The quantitative estimate of drug-likeness (QED) is 0.267. The Morgan fingerprint density at radius 2 is 1.84 bits per heavy atom. The van der Waals surface area contributed by atoms with Gasteiger partial charge in [-0.25, -0.2) is 4.79 Å². The van der Waals surface area contributed by atoms with Crippen molar-refractivity contribution < 1.29 is 18.9 Å². The molecule has 1 heterocycles. The summed E-state index contributed by atoms with van der Waals surface area (Å²) in [4.78, 5) is 24.9. The number of Topliss-reactive ketones (excluding diaryl/α,β-unsaturated/α-hetero) is 1. The molecule has 1 atom stereocenters. The van der Waals surface area contributed by atoms with E-state index in [-0.39, 0.29) is 18.0 Å². The molecule has 0 aliphatic carbocycles. The first kappa shape index (κ1) is 18.1. The van der Waals surface area contributed by atoms with E-state index in [0.29, 0.717) is 5.56 Å². The zero-order valence-electron chi connectivity index (χ0n) is 14.2. The number of nitriles is 1. The number of carbonyl (C=O) groups excluding carboxylic acids is 2. The highest BCUT2D eigenvalue weighted by molar-refractivity contribution is 6.01. The van der Waals surface area contributed by atoms with Crippen molar-refractivity contribution in [2.24, 2.45) is 0 Å². The number of pyridine rings is 1. The predicted molar refractivity (Wildman–Crippen MR) is 91.5 cm³/mol. The van der Waals surface area contributed by atoms with Crippen molar-refractivity contribution in [1.82, 2.24) is 0 Å². The van der Waals surface area contributed by atoms with Crippen LogP contribution in [-0.4, -0.2) is 18.4 Å². The number of benzene rings is 1. The smallest absolute Gasteiger partial charge is 0.348 e. The van der Waals surface area contributed by atoms with Crippen LogP contribution in [0, 0.1) is 18.3 Å². The van der Waals surface area contributed by atoms with Gasteiger partial charge < -0.3 is 4.74 Å². The van der Waals surface area contributed by atoms with E-state index in [2.05, 4.69) is 0 Å². The minimum absolute atomic E-state index is 0.160. The average molecular weight is 335 g/mol. The summed E-state index contributed by atoms with van der Waals surface area (Å²) in [5.74, 6) is -0.949. The zero-order valence-corrected chi connectivity index (χ0v) is 14.2. The highest BCUT2D eigenvalue weighted by Gasteiger charge is 2.28. The Labute approximate surface area is 146 Å². The summed E-state index contributed by atoms with van der Waals surface area (Å²) in [5.41, 5.74) is 1.35. The highest BCUT2D eigenvalue weighted by Crippen LogP contribution is 2.14. The standard InChI is InChI=1S/C20H19N2O3/c1-3-25-20(24)17(14-21)13-18(22-11-9-15(2)10-12-22)19(23)16-7-5-4-6-8-16/h4-13,18H,3H2,1-2H3/q+1/b17-13+. The molecule has 1 aromatic carbocycles. The van der Waals surface area contributed by atoms with Crippen molar-refractivity contribution in [1.29, 1.82) is 5.26 Å². The van der Waals surface area contributed by atoms with E-state index in [1.807, 2.05) is 31.2 Å². The monoisotopic (exact) mass is 335 g/mol. The van der Waals surface area contributed by atoms with E-state index >= 15 is 0 Å². The van der Waals surface area contributed by atoms with Gasteiger partial charge in [-0.05, 0) is 19.4 Å². The molecule has 0 radical (unpaired) electrons. The van der Waals surface area contributed by atoms with E-state index in [1.54, 1.807) is 48.1 Å². The lowest BCUT2D eigenvalue weighted by atomic mass is 10.0. The summed E-state index contributed by atoms with van der Waals surface area (Å²) < 4.78 is 6.55. The topological polar surface area (TPSA) is 71.0 Å². The molecular formula is C20H19N2O3+. The van der Waals surface area contributed by atoms with Gasteiger partial charge in [-0.2, -0.15) is 9.83 Å². The molecule has 0 aliphatic heterocycles. The number of nitrogens with zero attached hydrogens (tertiary/aromatic N) is 2. The molecule has 0 saturated carbocycles. The summed E-state index contributed by atoms with van der Waals surface area (Å²) in [6, 6.07) is 13.5. The average Bonchev–Trinajstić information content (AvgIpc) is 2.64. The maximum absolute atomic E-state index is 12.9. The number of aryl methyl sites for hydroxylation is 1. The third-order valence-electron chi connectivity index (χ3n) is 3.61. The van der Waals surface area contributed by atoms with Crippen molar-refractivity contribution >= 4 is 11.8 Å². The van der Waals surface area contributed by atoms with E-state index < -0.39 is 12.0 Å². The van der Waals surface area contributed by atoms with Gasteiger partial charge >= 0.3 is 5.97 Å². The van der Waals surface area contributed by atoms with Crippen molar-refractivity contribution in [3.8, 4) is 6.07 Å². The summed E-state index contributed by atoms with van der Waals surface area (Å²) in [6.45, 7) is 3.76. The van der Waals surface area contributed by atoms with E-state index in [4.69, 9.17) is 4.74 Å². The summed E-state index contributed by atoms with van der Waals surface area (Å²) in [5, 5.41) is 9.28. The first-order chi connectivity index (χ1) is 12.1. The number of rotatable bonds is 6. The minimum Gasteiger partial charge on any atom is -0.462 e. The number of allylic oxidation sites excluding steroid dienone is 1. The van der Waals surface area contributed by atoms with Crippen LogP contribution in [0.15, 0.2) is 66.5 Å². The van der Waals surface area contributed by atoms with Gasteiger partial charge in [-0.3, -0.25) is 4.79 Å². The van der Waals surface area contributed by atoms with Crippen LogP contribution < -0.4 is 4.57 Å². The third-order valence-corrected chi connectivity index (χ3v) is 3.61. The first-order valence-electron chi connectivity index (χ1n) is 7.92. The van der Waals surface area contributed by atoms with Gasteiger partial charge in [0.25, 0.3) is 0 Å². The molecule has 0 bridgehead atoms. The van der Waals surface area contributed by atoms with Crippen LogP contribution in [0.1, 0.15) is 28.9 Å². The minimum atomic E-state index is -0.818. The van der Waals surface area contributed by atoms with Gasteiger partial charge in [0, 0.05) is 23.8 Å². The highest BCUT2D eigenvalue weighted by atomic mass is 16.5. The largest absolute Gasteiger partial charge is 0.462 e. The molecule has 0 aliphatic rings. The number of hydrogen-bond donors (Lipinski definition) is 0. The molecule has 126 valence electrons. The molecular weight excluding hydrogens is 316 g/mol. The second-order valence-electron chi connectivity index (χ2n) is 5.41. The molecule has 0 amide bonds. The van der Waals surface area contributed by atoms with Gasteiger partial charge in [0.2, 0.25) is 11.8 Å². The lowest BCUT2D eigenvalue weighted by molar-refractivity contribution is -0.697. The van der Waals surface area contributed by atoms with Crippen molar-refractivity contribution in [3.63, 3.8) is 0 Å². The number of carbonyl (C=O) groups is 2. The van der Waals surface area contributed by atoms with Gasteiger partial charge in [-0.15, -0.1) is 0 Å². The lowest BCUT2D eigenvalue weighted by Gasteiger charge is -2.09. The van der Waals surface area contributed by atoms with Crippen LogP contribution in [0.4, 0.5) is 0 Å². The fraction of sp³-hybridized carbons (Fsp3) is 0.200. The Morgan fingerprint density at radius 3 is 2.40 bits per heavy atom. The molecule has 5 nitrogen and oxygen atoms in total. The SMILES string of the molecule is CCOC(=O)/C(C#N)=C/C(C(=O)c1ccccc1)[n+]1ccc(C)cc1. The van der Waals surface area contributed by atoms with E-state index in [0.717, 1.165) is 5.56 Å². The molecule has 0 N–H and O–H groups in total. The van der Waals surface area contributed by atoms with E-state index in [9.17, 15) is 14.9 Å². The Bertz CT molecular complexity index is 818. The number of hydrogen-bond acceptors (Lipinski definition) is 4. The molecule has 1 aromatic heterocycles.